The Hall–Kier alpha value is -0.603. The quantitative estimate of drug-likeness (QED) is 0.167. The van der Waals surface area contributed by atoms with Crippen molar-refractivity contribution in [1.82, 2.24) is 4.72 Å². The van der Waals surface area contributed by atoms with Crippen LogP contribution in [0.2, 0.25) is 18.1 Å². The summed E-state index contributed by atoms with van der Waals surface area (Å²) in [6.45, 7) is 17.6. The molecular weight excluding hydrogens is 466 g/mol. The van der Waals surface area contributed by atoms with Crippen molar-refractivity contribution in [2.75, 3.05) is 6.61 Å². The number of carbonyl (C=O) groups is 1. The third kappa shape index (κ3) is 11.4. The van der Waals surface area contributed by atoms with E-state index >= 15 is 0 Å². The molecule has 1 rings (SSSR count). The smallest absolute Gasteiger partial charge is 0.421 e. The molecule has 1 saturated carbocycles. The summed E-state index contributed by atoms with van der Waals surface area (Å²) in [6.07, 6.45) is 12.8. The minimum atomic E-state index is -3.68. The predicted octanol–water partition coefficient (Wildman–Crippen LogP) is 7.69. The topological polar surface area (TPSA) is 81.7 Å². The first kappa shape index (κ1) is 31.4. The molecule has 0 unspecified atom stereocenters. The molecule has 1 aliphatic carbocycles. The molecule has 1 amide bonds. The fourth-order valence-corrected chi connectivity index (χ4v) is 6.43. The normalized spacial score (nSPS) is 16.4. The highest BCUT2D eigenvalue weighted by Crippen LogP contribution is 2.47. The first-order chi connectivity index (χ1) is 15.5. The Balaban J connectivity index is 2.05. The Morgan fingerprint density at radius 2 is 1.26 bits per heavy atom. The van der Waals surface area contributed by atoms with Gasteiger partial charge in [-0.3, -0.25) is 0 Å². The van der Waals surface area contributed by atoms with Gasteiger partial charge in [-0.05, 0) is 64.6 Å². The van der Waals surface area contributed by atoms with Gasteiger partial charge in [0.25, 0.3) is 0 Å². The number of unbranched alkanes of at least 4 members (excludes halogenated alkanes) is 9. The monoisotopic (exact) mass is 519 g/mol. The van der Waals surface area contributed by atoms with E-state index in [2.05, 4.69) is 38.6 Å². The van der Waals surface area contributed by atoms with Crippen molar-refractivity contribution in [1.29, 1.82) is 0 Å². The maximum atomic E-state index is 12.6. The molecule has 0 bridgehead atoms. The first-order valence-corrected chi connectivity index (χ1v) is 17.8. The zero-order valence-corrected chi connectivity index (χ0v) is 25.2. The second kappa shape index (κ2) is 13.1. The summed E-state index contributed by atoms with van der Waals surface area (Å²) in [6, 6.07) is 0. The highest BCUT2D eigenvalue weighted by Gasteiger charge is 2.54. The molecule has 0 radical (unpaired) electrons. The molecule has 8 heteroatoms. The Bertz CT molecular complexity index is 718. The number of ether oxygens (including phenoxy) is 1. The van der Waals surface area contributed by atoms with Gasteiger partial charge in [-0.1, -0.05) is 78.6 Å². The first-order valence-electron chi connectivity index (χ1n) is 13.4. The molecule has 0 spiro atoms. The average molecular weight is 520 g/mol. The van der Waals surface area contributed by atoms with Crippen LogP contribution in [0.1, 0.15) is 125 Å². The van der Waals surface area contributed by atoms with Crippen LogP contribution >= 0.6 is 0 Å². The van der Waals surface area contributed by atoms with Gasteiger partial charge in [0.2, 0.25) is 10.0 Å². The van der Waals surface area contributed by atoms with Crippen molar-refractivity contribution in [3.63, 3.8) is 0 Å². The molecule has 0 aliphatic heterocycles. The molecule has 1 fully saturated rings. The third-order valence-corrected chi connectivity index (χ3v) is 14.0. The van der Waals surface area contributed by atoms with E-state index in [9.17, 15) is 13.2 Å². The SMILES string of the molecule is CC(C)(C)OC(=O)NS(=O)(=O)C1(CCCCCCCCCCCCO[Si](C)(C)C(C)(C)C)CC1. The van der Waals surface area contributed by atoms with Crippen molar-refractivity contribution in [2.45, 2.75) is 153 Å². The lowest BCUT2D eigenvalue weighted by Gasteiger charge is -2.36. The van der Waals surface area contributed by atoms with Gasteiger partial charge in [0.15, 0.2) is 8.32 Å². The van der Waals surface area contributed by atoms with Crippen LogP contribution in [0.25, 0.3) is 0 Å². The van der Waals surface area contributed by atoms with Gasteiger partial charge >= 0.3 is 6.09 Å². The van der Waals surface area contributed by atoms with Crippen molar-refractivity contribution >= 4 is 24.4 Å². The van der Waals surface area contributed by atoms with Gasteiger partial charge in [0.05, 0.1) is 4.75 Å². The lowest BCUT2D eigenvalue weighted by atomic mass is 10.0. The van der Waals surface area contributed by atoms with E-state index in [-0.39, 0.29) is 5.04 Å². The van der Waals surface area contributed by atoms with Gasteiger partial charge in [-0.15, -0.1) is 0 Å². The van der Waals surface area contributed by atoms with Crippen LogP contribution in [0.4, 0.5) is 4.79 Å². The third-order valence-electron chi connectivity index (χ3n) is 7.29. The van der Waals surface area contributed by atoms with E-state index in [1.807, 2.05) is 0 Å². The number of hydrogen-bond acceptors (Lipinski definition) is 5. The minimum Gasteiger partial charge on any atom is -0.443 e. The van der Waals surface area contributed by atoms with Crippen molar-refractivity contribution < 1.29 is 22.4 Å². The van der Waals surface area contributed by atoms with E-state index < -0.39 is 34.8 Å². The van der Waals surface area contributed by atoms with E-state index in [1.54, 1.807) is 20.8 Å². The van der Waals surface area contributed by atoms with Crippen LogP contribution < -0.4 is 4.72 Å². The maximum absolute atomic E-state index is 12.6. The van der Waals surface area contributed by atoms with Crippen molar-refractivity contribution in [3.8, 4) is 0 Å². The minimum absolute atomic E-state index is 0.289. The summed E-state index contributed by atoms with van der Waals surface area (Å²) in [4.78, 5) is 11.9. The molecular formula is C26H53NO5SSi. The van der Waals surface area contributed by atoms with Crippen molar-refractivity contribution in [2.24, 2.45) is 0 Å². The predicted molar refractivity (Wildman–Crippen MR) is 144 cm³/mol. The molecule has 0 heterocycles. The summed E-state index contributed by atoms with van der Waals surface area (Å²) in [5.74, 6) is 0. The number of carbonyl (C=O) groups excluding carboxylic acids is 1. The summed E-state index contributed by atoms with van der Waals surface area (Å²) in [5.41, 5.74) is -0.713. The van der Waals surface area contributed by atoms with E-state index in [4.69, 9.17) is 9.16 Å². The fourth-order valence-electron chi connectivity index (χ4n) is 3.82. The maximum Gasteiger partial charge on any atom is 0.421 e. The van der Waals surface area contributed by atoms with Crippen LogP contribution in [0, 0.1) is 0 Å². The van der Waals surface area contributed by atoms with Gasteiger partial charge in [0, 0.05) is 6.61 Å². The highest BCUT2D eigenvalue weighted by atomic mass is 32.2. The number of rotatable bonds is 16. The summed E-state index contributed by atoms with van der Waals surface area (Å²) in [5, 5.41) is 0.289. The van der Waals surface area contributed by atoms with Crippen molar-refractivity contribution in [3.05, 3.63) is 0 Å². The number of sulfonamides is 1. The lowest BCUT2D eigenvalue weighted by molar-refractivity contribution is 0.0569. The Morgan fingerprint density at radius 1 is 0.824 bits per heavy atom. The second-order valence-electron chi connectivity index (χ2n) is 12.7. The van der Waals surface area contributed by atoms with Gasteiger partial charge < -0.3 is 9.16 Å². The fraction of sp³-hybridized carbons (Fsp3) is 0.962. The van der Waals surface area contributed by atoms with Gasteiger partial charge in [-0.25, -0.2) is 17.9 Å². The van der Waals surface area contributed by atoms with Crippen LogP contribution in [0.3, 0.4) is 0 Å². The Morgan fingerprint density at radius 3 is 1.68 bits per heavy atom. The Kier molecular flexibility index (Phi) is 12.1. The zero-order valence-electron chi connectivity index (χ0n) is 23.3. The molecule has 34 heavy (non-hydrogen) atoms. The van der Waals surface area contributed by atoms with E-state index in [0.29, 0.717) is 19.3 Å². The molecule has 6 nitrogen and oxygen atoms in total. The number of nitrogens with one attached hydrogen (secondary N) is 1. The number of hydrogen-bond donors (Lipinski definition) is 1. The van der Waals surface area contributed by atoms with Crippen LogP contribution in [0.5, 0.6) is 0 Å². The summed E-state index contributed by atoms with van der Waals surface area (Å²) >= 11 is 0. The molecule has 0 aromatic carbocycles. The van der Waals surface area contributed by atoms with Crippen LogP contribution in [-0.2, 0) is 19.2 Å². The highest BCUT2D eigenvalue weighted by molar-refractivity contribution is 7.91. The molecule has 0 saturated heterocycles. The molecule has 1 aliphatic rings. The Labute approximate surface area is 211 Å². The second-order valence-corrected chi connectivity index (χ2v) is 19.6. The largest absolute Gasteiger partial charge is 0.443 e. The number of amides is 1. The molecule has 0 atom stereocenters. The van der Waals surface area contributed by atoms with Crippen LogP contribution in [0.15, 0.2) is 0 Å². The van der Waals surface area contributed by atoms with E-state index in [1.165, 1.54) is 44.9 Å². The molecule has 202 valence electrons. The van der Waals surface area contributed by atoms with Gasteiger partial charge in [-0.2, -0.15) is 0 Å². The molecule has 0 aromatic heterocycles. The molecule has 1 N–H and O–H groups in total. The van der Waals surface area contributed by atoms with E-state index in [0.717, 1.165) is 25.9 Å². The molecule has 0 aromatic rings. The summed E-state index contributed by atoms with van der Waals surface area (Å²) in [7, 11) is -5.28. The average Bonchev–Trinajstić information content (AvgIpc) is 3.44. The lowest BCUT2D eigenvalue weighted by Crippen LogP contribution is -2.42. The summed E-state index contributed by atoms with van der Waals surface area (Å²) < 4.78 is 37.9. The zero-order chi connectivity index (χ0) is 26.1. The standard InChI is InChI=1S/C26H53NO5SSi/c1-24(2,3)32-23(28)27-33(29,30)26(20-21-26)19-17-15-13-11-9-10-12-14-16-18-22-31-34(7,8)25(4,5)6/h9-22H2,1-8H3,(H,27,28). The van der Waals surface area contributed by atoms with Gasteiger partial charge in [0.1, 0.15) is 5.60 Å². The van der Waals surface area contributed by atoms with Crippen LogP contribution in [-0.4, -0.2) is 39.8 Å².